The Hall–Kier alpha value is -2.46. The number of ketones is 1. The molecule has 4 nitrogen and oxygen atoms in total. The first-order chi connectivity index (χ1) is 13.1. The number of nitrogens with zero attached hydrogens (tertiary/aromatic N) is 1. The van der Waals surface area contributed by atoms with Crippen LogP contribution in [-0.2, 0) is 9.59 Å². The zero-order valence-electron chi connectivity index (χ0n) is 14.6. The van der Waals surface area contributed by atoms with Gasteiger partial charge in [0, 0.05) is 16.1 Å². The first kappa shape index (κ1) is 16.7. The van der Waals surface area contributed by atoms with Crippen molar-refractivity contribution < 1.29 is 14.4 Å². The van der Waals surface area contributed by atoms with Gasteiger partial charge in [-0.15, -0.1) is 0 Å². The monoisotopic (exact) mass is 379 g/mol. The lowest BCUT2D eigenvalue weighted by Crippen LogP contribution is -2.34. The van der Waals surface area contributed by atoms with Crippen molar-refractivity contribution in [3.05, 3.63) is 64.7 Å². The van der Waals surface area contributed by atoms with Crippen LogP contribution in [0.15, 0.2) is 48.5 Å². The van der Waals surface area contributed by atoms with E-state index in [1.165, 1.54) is 4.90 Å². The Morgan fingerprint density at radius 1 is 0.926 bits per heavy atom. The number of halogens is 1. The maximum Gasteiger partial charge on any atom is 0.237 e. The highest BCUT2D eigenvalue weighted by atomic mass is 35.5. The molecule has 0 aromatic heterocycles. The molecule has 0 radical (unpaired) electrons. The van der Waals surface area contributed by atoms with Gasteiger partial charge in [-0.2, -0.15) is 0 Å². The van der Waals surface area contributed by atoms with Gasteiger partial charge in [0.25, 0.3) is 0 Å². The number of rotatable bonds is 3. The average molecular weight is 380 g/mol. The molecule has 3 fully saturated rings. The fourth-order valence-corrected chi connectivity index (χ4v) is 5.45. The molecular formula is C22H18ClNO3. The molecule has 2 amide bonds. The molecule has 2 aromatic rings. The van der Waals surface area contributed by atoms with Crippen LogP contribution in [0.5, 0.6) is 0 Å². The third-order valence-electron chi connectivity index (χ3n) is 6.41. The third kappa shape index (κ3) is 2.39. The number of hydrogen-bond donors (Lipinski definition) is 0. The molecule has 0 N–H and O–H groups in total. The summed E-state index contributed by atoms with van der Waals surface area (Å²) in [4.78, 5) is 40.6. The molecule has 0 unspecified atom stereocenters. The summed E-state index contributed by atoms with van der Waals surface area (Å²) in [5.74, 6) is -0.362. The molecule has 5 rings (SSSR count). The largest absolute Gasteiger partial charge is 0.289 e. The number of hydrogen-bond acceptors (Lipinski definition) is 3. The maximum atomic E-state index is 13.1. The fraction of sp³-hybridized carbons (Fsp3) is 0.318. The van der Waals surface area contributed by atoms with Crippen molar-refractivity contribution in [1.82, 2.24) is 0 Å². The van der Waals surface area contributed by atoms with E-state index in [2.05, 4.69) is 0 Å². The molecule has 2 aliphatic carbocycles. The molecule has 2 saturated carbocycles. The molecule has 2 aromatic carbocycles. The second-order valence-electron chi connectivity index (χ2n) is 7.75. The molecule has 1 saturated heterocycles. The van der Waals surface area contributed by atoms with Gasteiger partial charge in [-0.05, 0) is 49.3 Å². The zero-order chi connectivity index (χ0) is 18.7. The Morgan fingerprint density at radius 2 is 1.56 bits per heavy atom. The molecule has 4 atom stereocenters. The third-order valence-corrected chi connectivity index (χ3v) is 6.64. The quantitative estimate of drug-likeness (QED) is 0.595. The van der Waals surface area contributed by atoms with Crippen molar-refractivity contribution >= 4 is 34.9 Å². The first-order valence-electron chi connectivity index (χ1n) is 9.33. The van der Waals surface area contributed by atoms with Crippen LogP contribution in [0.3, 0.4) is 0 Å². The van der Waals surface area contributed by atoms with Crippen molar-refractivity contribution in [3.8, 4) is 0 Å². The zero-order valence-corrected chi connectivity index (χ0v) is 15.4. The minimum Gasteiger partial charge on any atom is -0.289 e. The van der Waals surface area contributed by atoms with Gasteiger partial charge in [0.1, 0.15) is 0 Å². The number of imide groups is 1. The summed E-state index contributed by atoms with van der Waals surface area (Å²) in [5, 5.41) is 0.400. The number of benzene rings is 2. The van der Waals surface area contributed by atoms with Crippen LogP contribution in [0.4, 0.5) is 5.69 Å². The normalized spacial score (nSPS) is 28.7. The van der Waals surface area contributed by atoms with Gasteiger partial charge >= 0.3 is 0 Å². The minimum absolute atomic E-state index is 0.151. The summed E-state index contributed by atoms with van der Waals surface area (Å²) >= 11 is 6.14. The molecule has 3 aliphatic rings. The topological polar surface area (TPSA) is 54.5 Å². The number of carbonyl (C=O) groups excluding carboxylic acids is 3. The lowest BCUT2D eigenvalue weighted by atomic mass is 9.81. The Labute approximate surface area is 162 Å². The van der Waals surface area contributed by atoms with Gasteiger partial charge in [0.15, 0.2) is 5.78 Å². The van der Waals surface area contributed by atoms with Crippen molar-refractivity contribution in [2.75, 3.05) is 4.90 Å². The highest BCUT2D eigenvalue weighted by Gasteiger charge is 2.61. The van der Waals surface area contributed by atoms with E-state index in [9.17, 15) is 14.4 Å². The summed E-state index contributed by atoms with van der Waals surface area (Å²) in [6, 6.07) is 13.6. The van der Waals surface area contributed by atoms with Crippen molar-refractivity contribution in [1.29, 1.82) is 0 Å². The number of amides is 2. The summed E-state index contributed by atoms with van der Waals surface area (Å²) in [6.45, 7) is 0. The first-order valence-corrected chi connectivity index (χ1v) is 9.71. The van der Waals surface area contributed by atoms with E-state index >= 15 is 0 Å². The van der Waals surface area contributed by atoms with Crippen LogP contribution in [-0.4, -0.2) is 17.6 Å². The lowest BCUT2D eigenvalue weighted by Gasteiger charge is -2.20. The summed E-state index contributed by atoms with van der Waals surface area (Å²) in [6.07, 6.45) is 3.03. The number of fused-ring (bicyclic) bond motifs is 5. The van der Waals surface area contributed by atoms with Gasteiger partial charge in [-0.3, -0.25) is 14.4 Å². The molecule has 0 spiro atoms. The molecule has 5 heteroatoms. The van der Waals surface area contributed by atoms with Crippen molar-refractivity contribution in [3.63, 3.8) is 0 Å². The SMILES string of the molecule is O=C(c1ccccc1)c1cc(Cl)ccc1N1C(=O)[C@H]2[C@@H]3CC[C@@H](C3)[C@@H]2C1=O. The van der Waals surface area contributed by atoms with E-state index in [-0.39, 0.29) is 29.4 Å². The van der Waals surface area contributed by atoms with Crippen LogP contribution < -0.4 is 4.90 Å². The van der Waals surface area contributed by atoms with E-state index in [0.717, 1.165) is 19.3 Å². The highest BCUT2D eigenvalue weighted by Crippen LogP contribution is 2.56. The van der Waals surface area contributed by atoms with E-state index in [0.29, 0.717) is 33.7 Å². The van der Waals surface area contributed by atoms with Crippen LogP contribution in [0, 0.1) is 23.7 Å². The van der Waals surface area contributed by atoms with Gasteiger partial charge in [0.05, 0.1) is 17.5 Å². The molecular weight excluding hydrogens is 362 g/mol. The fourth-order valence-electron chi connectivity index (χ4n) is 5.28. The van der Waals surface area contributed by atoms with Gasteiger partial charge in [-0.1, -0.05) is 41.9 Å². The van der Waals surface area contributed by atoms with Crippen molar-refractivity contribution in [2.45, 2.75) is 19.3 Å². The molecule has 1 heterocycles. The predicted molar refractivity (Wildman–Crippen MR) is 102 cm³/mol. The minimum atomic E-state index is -0.242. The molecule has 2 bridgehead atoms. The Morgan fingerprint density at radius 3 is 2.19 bits per heavy atom. The Kier molecular flexibility index (Phi) is 3.73. The van der Waals surface area contributed by atoms with Crippen LogP contribution in [0.25, 0.3) is 0 Å². The second kappa shape index (κ2) is 6.03. The molecule has 1 aliphatic heterocycles. The average Bonchev–Trinajstić information content (AvgIpc) is 3.36. The van der Waals surface area contributed by atoms with E-state index in [1.807, 2.05) is 6.07 Å². The summed E-state index contributed by atoms with van der Waals surface area (Å²) in [5.41, 5.74) is 1.15. The smallest absolute Gasteiger partial charge is 0.237 e. The van der Waals surface area contributed by atoms with Gasteiger partial charge < -0.3 is 0 Å². The highest BCUT2D eigenvalue weighted by molar-refractivity contribution is 6.32. The van der Waals surface area contributed by atoms with Gasteiger partial charge in [0.2, 0.25) is 11.8 Å². The van der Waals surface area contributed by atoms with E-state index in [1.54, 1.807) is 42.5 Å². The lowest BCUT2D eigenvalue weighted by molar-refractivity contribution is -0.123. The van der Waals surface area contributed by atoms with E-state index < -0.39 is 0 Å². The van der Waals surface area contributed by atoms with Crippen LogP contribution in [0.2, 0.25) is 5.02 Å². The van der Waals surface area contributed by atoms with Gasteiger partial charge in [-0.25, -0.2) is 4.90 Å². The van der Waals surface area contributed by atoms with Crippen LogP contribution >= 0.6 is 11.6 Å². The second-order valence-corrected chi connectivity index (χ2v) is 8.19. The Bertz CT molecular complexity index is 943. The van der Waals surface area contributed by atoms with Crippen molar-refractivity contribution in [2.24, 2.45) is 23.7 Å². The predicted octanol–water partition coefficient (Wildman–Crippen LogP) is 4.11. The number of anilines is 1. The summed E-state index contributed by atoms with van der Waals surface area (Å²) in [7, 11) is 0. The molecule has 136 valence electrons. The standard InChI is InChI=1S/C22H18ClNO3/c23-15-8-9-17(16(11-15)20(25)12-4-2-1-3-5-12)24-21(26)18-13-6-7-14(10-13)19(18)22(24)27/h1-5,8-9,11,13-14,18-19H,6-7,10H2/t13-,14+,18-,19-/m0/s1. The number of carbonyl (C=O) groups is 3. The van der Waals surface area contributed by atoms with E-state index in [4.69, 9.17) is 11.6 Å². The Balaban J connectivity index is 1.59. The summed E-state index contributed by atoms with van der Waals surface area (Å²) < 4.78 is 0. The maximum absolute atomic E-state index is 13.1. The van der Waals surface area contributed by atoms with Crippen LogP contribution in [0.1, 0.15) is 35.2 Å². The molecule has 27 heavy (non-hydrogen) atoms.